The van der Waals surface area contributed by atoms with Gasteiger partial charge in [-0.15, -0.1) is 0 Å². The Morgan fingerprint density at radius 1 is 1.13 bits per heavy atom. The minimum absolute atomic E-state index is 0.0934. The Kier molecular flexibility index (Phi) is 6.08. The zero-order valence-electron chi connectivity index (χ0n) is 17.6. The van der Waals surface area contributed by atoms with Crippen LogP contribution >= 0.6 is 0 Å². The van der Waals surface area contributed by atoms with E-state index in [1.807, 2.05) is 30.9 Å². The van der Waals surface area contributed by atoms with E-state index in [-0.39, 0.29) is 12.0 Å². The highest BCUT2D eigenvalue weighted by Crippen LogP contribution is 2.34. The standard InChI is InChI=1S/C21H29N5O4/c1-3-28-17-12-14-15(13-18(17)29-4-2)23-21(24-19(14)22)26-9-7-25(8-10-26)20(27)16-6-5-11-30-16/h12-13,16H,3-11H2,1-2H3,(H2,22,23,24). The van der Waals surface area contributed by atoms with Crippen LogP contribution in [0.25, 0.3) is 10.9 Å². The number of rotatable bonds is 6. The summed E-state index contributed by atoms with van der Waals surface area (Å²) in [4.78, 5) is 25.7. The van der Waals surface area contributed by atoms with Crippen LogP contribution < -0.4 is 20.1 Å². The van der Waals surface area contributed by atoms with E-state index in [0.29, 0.717) is 74.8 Å². The number of carbonyl (C=O) groups excluding carboxylic acids is 1. The predicted octanol–water partition coefficient (Wildman–Crippen LogP) is 1.84. The van der Waals surface area contributed by atoms with Crippen LogP contribution in [0, 0.1) is 0 Å². The number of nitrogen functional groups attached to an aromatic ring is 1. The van der Waals surface area contributed by atoms with Crippen molar-refractivity contribution in [2.45, 2.75) is 32.8 Å². The summed E-state index contributed by atoms with van der Waals surface area (Å²) in [6.07, 6.45) is 1.49. The number of ether oxygens (including phenoxy) is 3. The van der Waals surface area contributed by atoms with Crippen LogP contribution in [0.15, 0.2) is 12.1 Å². The van der Waals surface area contributed by atoms with E-state index in [4.69, 9.17) is 24.9 Å². The fraction of sp³-hybridized carbons (Fsp3) is 0.571. The van der Waals surface area contributed by atoms with Crippen molar-refractivity contribution >= 4 is 28.6 Å². The van der Waals surface area contributed by atoms with Crippen LogP contribution in [-0.4, -0.2) is 72.9 Å². The molecular formula is C21H29N5O4. The number of benzene rings is 1. The van der Waals surface area contributed by atoms with Crippen molar-refractivity contribution in [2.75, 3.05) is 56.6 Å². The summed E-state index contributed by atoms with van der Waals surface area (Å²) in [5.41, 5.74) is 6.97. The molecule has 2 saturated heterocycles. The van der Waals surface area contributed by atoms with Gasteiger partial charge in [0.2, 0.25) is 5.95 Å². The molecule has 2 aromatic rings. The summed E-state index contributed by atoms with van der Waals surface area (Å²) in [5.74, 6) is 2.34. The molecule has 2 aliphatic heterocycles. The molecule has 162 valence electrons. The van der Waals surface area contributed by atoms with E-state index < -0.39 is 0 Å². The topological polar surface area (TPSA) is 103 Å². The van der Waals surface area contributed by atoms with Crippen molar-refractivity contribution in [3.05, 3.63) is 12.1 Å². The average Bonchev–Trinajstić information content (AvgIpc) is 3.29. The number of fused-ring (bicyclic) bond motifs is 1. The van der Waals surface area contributed by atoms with E-state index in [1.54, 1.807) is 0 Å². The third-order valence-corrected chi connectivity index (χ3v) is 5.46. The smallest absolute Gasteiger partial charge is 0.251 e. The second-order valence-electron chi connectivity index (χ2n) is 7.40. The summed E-state index contributed by atoms with van der Waals surface area (Å²) < 4.78 is 16.9. The Balaban J connectivity index is 1.53. The van der Waals surface area contributed by atoms with Crippen LogP contribution in [0.5, 0.6) is 11.5 Å². The molecule has 9 nitrogen and oxygen atoms in total. The third-order valence-electron chi connectivity index (χ3n) is 5.46. The van der Waals surface area contributed by atoms with Gasteiger partial charge in [-0.3, -0.25) is 4.79 Å². The van der Waals surface area contributed by atoms with Crippen LogP contribution in [0.3, 0.4) is 0 Å². The lowest BCUT2D eigenvalue weighted by Gasteiger charge is -2.35. The molecule has 1 atom stereocenters. The monoisotopic (exact) mass is 415 g/mol. The normalized spacial score (nSPS) is 19.3. The molecule has 1 amide bonds. The first kappa shape index (κ1) is 20.5. The second-order valence-corrected chi connectivity index (χ2v) is 7.40. The highest BCUT2D eigenvalue weighted by atomic mass is 16.5. The van der Waals surface area contributed by atoms with Gasteiger partial charge in [0.15, 0.2) is 11.5 Å². The molecule has 9 heteroatoms. The van der Waals surface area contributed by atoms with E-state index in [2.05, 4.69) is 9.88 Å². The summed E-state index contributed by atoms with van der Waals surface area (Å²) in [7, 11) is 0. The van der Waals surface area contributed by atoms with Crippen LogP contribution in [0.1, 0.15) is 26.7 Å². The van der Waals surface area contributed by atoms with Gasteiger partial charge < -0.3 is 29.7 Å². The first-order valence-corrected chi connectivity index (χ1v) is 10.6. The van der Waals surface area contributed by atoms with Gasteiger partial charge in [-0.05, 0) is 32.8 Å². The molecule has 1 unspecified atom stereocenters. The zero-order valence-corrected chi connectivity index (χ0v) is 17.6. The molecule has 0 bridgehead atoms. The van der Waals surface area contributed by atoms with Gasteiger partial charge in [-0.2, -0.15) is 4.98 Å². The Labute approximate surface area is 176 Å². The zero-order chi connectivity index (χ0) is 21.1. The molecule has 2 fully saturated rings. The number of hydrogen-bond donors (Lipinski definition) is 1. The molecule has 0 aliphatic carbocycles. The Bertz CT molecular complexity index is 908. The predicted molar refractivity (Wildman–Crippen MR) is 114 cm³/mol. The minimum atomic E-state index is -0.277. The van der Waals surface area contributed by atoms with Gasteiger partial charge in [-0.25, -0.2) is 4.98 Å². The molecule has 30 heavy (non-hydrogen) atoms. The molecule has 3 heterocycles. The number of anilines is 2. The molecule has 2 N–H and O–H groups in total. The van der Waals surface area contributed by atoms with E-state index in [9.17, 15) is 4.79 Å². The Morgan fingerprint density at radius 3 is 2.47 bits per heavy atom. The number of aromatic nitrogens is 2. The molecule has 4 rings (SSSR count). The van der Waals surface area contributed by atoms with Gasteiger partial charge in [0.25, 0.3) is 5.91 Å². The van der Waals surface area contributed by atoms with Crippen molar-refractivity contribution in [2.24, 2.45) is 0 Å². The van der Waals surface area contributed by atoms with Gasteiger partial charge in [0, 0.05) is 44.2 Å². The fourth-order valence-corrected chi connectivity index (χ4v) is 3.93. The molecule has 0 radical (unpaired) electrons. The van der Waals surface area contributed by atoms with E-state index in [1.165, 1.54) is 0 Å². The number of nitrogens with two attached hydrogens (primary N) is 1. The summed E-state index contributed by atoms with van der Waals surface area (Å²) in [6, 6.07) is 3.68. The van der Waals surface area contributed by atoms with Crippen molar-refractivity contribution in [3.63, 3.8) is 0 Å². The maximum Gasteiger partial charge on any atom is 0.251 e. The van der Waals surface area contributed by atoms with Gasteiger partial charge in [0.05, 0.1) is 18.7 Å². The number of piperazine rings is 1. The van der Waals surface area contributed by atoms with Crippen LogP contribution in [0.4, 0.5) is 11.8 Å². The maximum atomic E-state index is 12.6. The number of carbonyl (C=O) groups is 1. The third kappa shape index (κ3) is 4.07. The van der Waals surface area contributed by atoms with Crippen molar-refractivity contribution in [3.8, 4) is 11.5 Å². The van der Waals surface area contributed by atoms with Crippen LogP contribution in [-0.2, 0) is 9.53 Å². The highest BCUT2D eigenvalue weighted by Gasteiger charge is 2.31. The number of hydrogen-bond acceptors (Lipinski definition) is 8. The van der Waals surface area contributed by atoms with Gasteiger partial charge in [0.1, 0.15) is 11.9 Å². The van der Waals surface area contributed by atoms with Crippen LogP contribution in [0.2, 0.25) is 0 Å². The Morgan fingerprint density at radius 2 is 1.83 bits per heavy atom. The second kappa shape index (κ2) is 8.91. The average molecular weight is 415 g/mol. The lowest BCUT2D eigenvalue weighted by molar-refractivity contribution is -0.141. The fourth-order valence-electron chi connectivity index (χ4n) is 3.93. The van der Waals surface area contributed by atoms with Crippen molar-refractivity contribution < 1.29 is 19.0 Å². The molecule has 1 aromatic heterocycles. The summed E-state index contributed by atoms with van der Waals surface area (Å²) in [6.45, 7) is 8.12. The number of amides is 1. The first-order valence-electron chi connectivity index (χ1n) is 10.6. The molecule has 0 saturated carbocycles. The quantitative estimate of drug-likeness (QED) is 0.762. The SMILES string of the molecule is CCOc1cc2nc(N3CCN(C(=O)C4CCCO4)CC3)nc(N)c2cc1OCC. The van der Waals surface area contributed by atoms with Gasteiger partial charge >= 0.3 is 0 Å². The largest absolute Gasteiger partial charge is 0.490 e. The molecule has 2 aliphatic rings. The summed E-state index contributed by atoms with van der Waals surface area (Å²) in [5, 5.41) is 0.734. The van der Waals surface area contributed by atoms with E-state index in [0.717, 1.165) is 18.2 Å². The van der Waals surface area contributed by atoms with Crippen molar-refractivity contribution in [1.29, 1.82) is 0 Å². The van der Waals surface area contributed by atoms with Crippen molar-refractivity contribution in [1.82, 2.24) is 14.9 Å². The lowest BCUT2D eigenvalue weighted by atomic mass is 10.2. The highest BCUT2D eigenvalue weighted by molar-refractivity contribution is 5.91. The number of nitrogens with zero attached hydrogens (tertiary/aromatic N) is 4. The Hall–Kier alpha value is -2.81. The van der Waals surface area contributed by atoms with Gasteiger partial charge in [-0.1, -0.05) is 0 Å². The summed E-state index contributed by atoms with van der Waals surface area (Å²) >= 11 is 0. The molecule has 1 aromatic carbocycles. The lowest BCUT2D eigenvalue weighted by Crippen LogP contribution is -2.51. The molecular weight excluding hydrogens is 386 g/mol. The molecule has 0 spiro atoms. The maximum absolute atomic E-state index is 12.6. The minimum Gasteiger partial charge on any atom is -0.490 e. The van der Waals surface area contributed by atoms with E-state index >= 15 is 0 Å². The first-order chi connectivity index (χ1) is 14.6.